The molecule has 9 heteroatoms. The first-order valence-electron chi connectivity index (χ1n) is 8.28. The Hall–Kier alpha value is -3.00. The fourth-order valence-corrected chi connectivity index (χ4v) is 2.78. The molecule has 1 aromatic carbocycles. The van der Waals surface area contributed by atoms with Crippen molar-refractivity contribution in [2.24, 2.45) is 0 Å². The van der Waals surface area contributed by atoms with Crippen LogP contribution in [0, 0.1) is 19.7 Å². The lowest BCUT2D eigenvalue weighted by Gasteiger charge is -2.09. The van der Waals surface area contributed by atoms with E-state index < -0.39 is 5.82 Å². The molecule has 0 spiro atoms. The van der Waals surface area contributed by atoms with Crippen LogP contribution in [-0.2, 0) is 0 Å². The van der Waals surface area contributed by atoms with Crippen molar-refractivity contribution in [2.45, 2.75) is 13.8 Å². The lowest BCUT2D eigenvalue weighted by molar-refractivity contribution is 0.0955. The topological polar surface area (TPSA) is 84.7 Å². The highest BCUT2D eigenvalue weighted by Crippen LogP contribution is 2.17. The smallest absolute Gasteiger partial charge is 0.252 e. The zero-order valence-corrected chi connectivity index (χ0v) is 15.6. The van der Waals surface area contributed by atoms with E-state index in [0.29, 0.717) is 24.7 Å². The molecule has 0 aliphatic rings. The summed E-state index contributed by atoms with van der Waals surface area (Å²) in [7, 11) is 0. The van der Waals surface area contributed by atoms with Crippen molar-refractivity contribution in [3.05, 3.63) is 64.2 Å². The Kier molecular flexibility index (Phi) is 5.66. The second-order valence-corrected chi connectivity index (χ2v) is 6.33. The van der Waals surface area contributed by atoms with E-state index in [2.05, 4.69) is 25.9 Å². The zero-order chi connectivity index (χ0) is 19.4. The van der Waals surface area contributed by atoms with Gasteiger partial charge in [-0.2, -0.15) is 5.10 Å². The summed E-state index contributed by atoms with van der Waals surface area (Å²) in [4.78, 5) is 12.0. The highest BCUT2D eigenvalue weighted by atomic mass is 35.5. The Labute approximate surface area is 160 Å². The van der Waals surface area contributed by atoms with E-state index in [4.69, 9.17) is 11.6 Å². The molecule has 0 aliphatic carbocycles. The van der Waals surface area contributed by atoms with Crippen LogP contribution in [0.25, 0.3) is 5.82 Å². The summed E-state index contributed by atoms with van der Waals surface area (Å²) in [6.45, 7) is 4.65. The number of rotatable bonds is 6. The van der Waals surface area contributed by atoms with Gasteiger partial charge in [-0.25, -0.2) is 9.07 Å². The van der Waals surface area contributed by atoms with Gasteiger partial charge in [0.1, 0.15) is 11.6 Å². The maximum Gasteiger partial charge on any atom is 0.252 e. The molecule has 140 valence electrons. The third-order valence-electron chi connectivity index (χ3n) is 3.77. The van der Waals surface area contributed by atoms with Crippen LogP contribution in [0.3, 0.4) is 0 Å². The predicted molar refractivity (Wildman–Crippen MR) is 101 cm³/mol. The zero-order valence-electron chi connectivity index (χ0n) is 14.8. The average molecular weight is 389 g/mol. The molecule has 3 aromatic rings. The molecule has 0 radical (unpaired) electrons. The number of amides is 1. The number of nitrogens with zero attached hydrogens (tertiary/aromatic N) is 4. The molecule has 0 atom stereocenters. The van der Waals surface area contributed by atoms with Crippen molar-refractivity contribution in [3.8, 4) is 5.82 Å². The Morgan fingerprint density at radius 1 is 1.15 bits per heavy atom. The fourth-order valence-electron chi connectivity index (χ4n) is 2.53. The van der Waals surface area contributed by atoms with Crippen LogP contribution in [0.15, 0.2) is 36.4 Å². The SMILES string of the molecule is Cc1cc(C)n(-c2ccc(NCCNC(=O)c3ccc(F)cc3Cl)nn2)n1. The highest BCUT2D eigenvalue weighted by Gasteiger charge is 2.10. The van der Waals surface area contributed by atoms with Crippen molar-refractivity contribution in [1.29, 1.82) is 0 Å². The molecule has 0 fully saturated rings. The molecule has 0 saturated carbocycles. The summed E-state index contributed by atoms with van der Waals surface area (Å²) in [5.41, 5.74) is 2.12. The van der Waals surface area contributed by atoms with Gasteiger partial charge in [0.15, 0.2) is 5.82 Å². The third kappa shape index (κ3) is 4.59. The normalized spacial score (nSPS) is 10.7. The van der Waals surface area contributed by atoms with Crippen LogP contribution in [0.2, 0.25) is 5.02 Å². The Balaban J connectivity index is 1.50. The second kappa shape index (κ2) is 8.13. The molecule has 2 heterocycles. The van der Waals surface area contributed by atoms with Gasteiger partial charge in [0.2, 0.25) is 0 Å². The van der Waals surface area contributed by atoms with Gasteiger partial charge in [-0.05, 0) is 50.2 Å². The first-order chi connectivity index (χ1) is 12.9. The fraction of sp³-hybridized carbons (Fsp3) is 0.222. The van der Waals surface area contributed by atoms with Gasteiger partial charge in [-0.15, -0.1) is 10.2 Å². The first-order valence-corrected chi connectivity index (χ1v) is 8.66. The second-order valence-electron chi connectivity index (χ2n) is 5.92. The maximum absolute atomic E-state index is 13.0. The molecular formula is C18H18ClFN6O. The van der Waals surface area contributed by atoms with Crippen molar-refractivity contribution in [3.63, 3.8) is 0 Å². The number of anilines is 1. The van der Waals surface area contributed by atoms with Crippen LogP contribution in [-0.4, -0.2) is 39.0 Å². The quantitative estimate of drug-likeness (QED) is 0.634. The van der Waals surface area contributed by atoms with Gasteiger partial charge in [0.05, 0.1) is 16.3 Å². The summed E-state index contributed by atoms with van der Waals surface area (Å²) in [5, 5.41) is 18.5. The molecule has 0 bridgehead atoms. The van der Waals surface area contributed by atoms with Gasteiger partial charge in [-0.1, -0.05) is 11.6 Å². The third-order valence-corrected chi connectivity index (χ3v) is 4.08. The summed E-state index contributed by atoms with van der Waals surface area (Å²) in [6, 6.07) is 9.21. The van der Waals surface area contributed by atoms with Crippen LogP contribution >= 0.6 is 11.6 Å². The largest absolute Gasteiger partial charge is 0.367 e. The van der Waals surface area contributed by atoms with E-state index in [9.17, 15) is 9.18 Å². The summed E-state index contributed by atoms with van der Waals surface area (Å²) in [6.07, 6.45) is 0. The summed E-state index contributed by atoms with van der Waals surface area (Å²) < 4.78 is 14.7. The van der Waals surface area contributed by atoms with Crippen molar-refractivity contribution in [2.75, 3.05) is 18.4 Å². The molecular weight excluding hydrogens is 371 g/mol. The Bertz CT molecular complexity index is 957. The summed E-state index contributed by atoms with van der Waals surface area (Å²) in [5.74, 6) is 0.355. The van der Waals surface area contributed by atoms with Gasteiger partial charge < -0.3 is 10.6 Å². The van der Waals surface area contributed by atoms with Crippen LogP contribution in [0.4, 0.5) is 10.2 Å². The predicted octanol–water partition coefficient (Wildman–Crippen LogP) is 2.91. The van der Waals surface area contributed by atoms with E-state index in [1.807, 2.05) is 26.0 Å². The lowest BCUT2D eigenvalue weighted by atomic mass is 10.2. The number of aromatic nitrogens is 4. The van der Waals surface area contributed by atoms with Crippen molar-refractivity contribution >= 4 is 23.3 Å². The lowest BCUT2D eigenvalue weighted by Crippen LogP contribution is -2.29. The minimum atomic E-state index is -0.485. The molecule has 0 aliphatic heterocycles. The van der Waals surface area contributed by atoms with Gasteiger partial charge >= 0.3 is 0 Å². The molecule has 3 rings (SSSR count). The Morgan fingerprint density at radius 3 is 2.59 bits per heavy atom. The van der Waals surface area contributed by atoms with Crippen LogP contribution < -0.4 is 10.6 Å². The number of aryl methyl sites for hydroxylation is 2. The van der Waals surface area contributed by atoms with Crippen LogP contribution in [0.1, 0.15) is 21.7 Å². The van der Waals surface area contributed by atoms with E-state index in [1.54, 1.807) is 10.7 Å². The molecule has 0 saturated heterocycles. The van der Waals surface area contributed by atoms with E-state index in [-0.39, 0.29) is 16.5 Å². The minimum absolute atomic E-state index is 0.0751. The number of benzene rings is 1. The van der Waals surface area contributed by atoms with E-state index in [0.717, 1.165) is 17.5 Å². The summed E-state index contributed by atoms with van der Waals surface area (Å²) >= 11 is 5.87. The number of hydrogen-bond acceptors (Lipinski definition) is 5. The molecule has 2 N–H and O–H groups in total. The van der Waals surface area contributed by atoms with Gasteiger partial charge in [0.25, 0.3) is 5.91 Å². The standard InChI is InChI=1S/C18H18ClFN6O/c1-11-9-12(2)26(25-11)17-6-5-16(23-24-17)21-7-8-22-18(27)14-4-3-13(20)10-15(14)19/h3-6,9-10H,7-8H2,1-2H3,(H,21,23)(H,22,27). The highest BCUT2D eigenvalue weighted by molar-refractivity contribution is 6.33. The first kappa shape index (κ1) is 18.8. The molecule has 2 aromatic heterocycles. The Morgan fingerprint density at radius 2 is 1.96 bits per heavy atom. The van der Waals surface area contributed by atoms with E-state index in [1.165, 1.54) is 12.1 Å². The average Bonchev–Trinajstić information content (AvgIpc) is 2.97. The van der Waals surface area contributed by atoms with E-state index >= 15 is 0 Å². The van der Waals surface area contributed by atoms with Crippen molar-refractivity contribution in [1.82, 2.24) is 25.3 Å². The number of halogens is 2. The monoisotopic (exact) mass is 388 g/mol. The van der Waals surface area contributed by atoms with Crippen molar-refractivity contribution < 1.29 is 9.18 Å². The van der Waals surface area contributed by atoms with Gasteiger partial charge in [-0.3, -0.25) is 4.79 Å². The number of carbonyl (C=O) groups is 1. The van der Waals surface area contributed by atoms with Crippen LogP contribution in [0.5, 0.6) is 0 Å². The molecule has 0 unspecified atom stereocenters. The number of nitrogens with one attached hydrogen (secondary N) is 2. The molecule has 27 heavy (non-hydrogen) atoms. The van der Waals surface area contributed by atoms with Gasteiger partial charge in [0, 0.05) is 18.8 Å². The molecule has 1 amide bonds. The minimum Gasteiger partial charge on any atom is -0.367 e. The maximum atomic E-state index is 13.0. The number of hydrogen-bond donors (Lipinski definition) is 2. The molecule has 7 nitrogen and oxygen atoms in total. The number of carbonyl (C=O) groups excluding carboxylic acids is 1.